The summed E-state index contributed by atoms with van der Waals surface area (Å²) in [7, 11) is 0. The number of anilines is 1. The van der Waals surface area contributed by atoms with E-state index in [0.29, 0.717) is 41.0 Å². The second-order valence-electron chi connectivity index (χ2n) is 6.82. The molecule has 0 aromatic heterocycles. The number of hydrogen-bond donors (Lipinski definition) is 0. The fourth-order valence-electron chi connectivity index (χ4n) is 3.40. The molecule has 3 amide bonds. The predicted molar refractivity (Wildman–Crippen MR) is 118 cm³/mol. The van der Waals surface area contributed by atoms with Gasteiger partial charge in [0.25, 0.3) is 5.91 Å². The minimum atomic E-state index is -1.04. The molecule has 1 heterocycles. The number of benzene rings is 2. The number of halogens is 4. The molecule has 0 saturated carbocycles. The first-order valence-corrected chi connectivity index (χ1v) is 10.8. The zero-order valence-electron chi connectivity index (χ0n) is 15.1. The predicted octanol–water partition coefficient (Wildman–Crippen LogP) is 6.15. The van der Waals surface area contributed by atoms with E-state index in [9.17, 15) is 9.59 Å². The number of imide groups is 1. The third-order valence-electron chi connectivity index (χ3n) is 4.76. The van der Waals surface area contributed by atoms with Gasteiger partial charge in [-0.3, -0.25) is 4.79 Å². The Morgan fingerprint density at radius 3 is 2.21 bits per heavy atom. The van der Waals surface area contributed by atoms with Crippen molar-refractivity contribution in [2.24, 2.45) is 0 Å². The summed E-state index contributed by atoms with van der Waals surface area (Å²) in [5.41, 5.74) is 0.280. The van der Waals surface area contributed by atoms with E-state index in [2.05, 4.69) is 15.9 Å². The van der Waals surface area contributed by atoms with Crippen molar-refractivity contribution in [1.29, 1.82) is 0 Å². The first-order valence-electron chi connectivity index (χ1n) is 8.69. The van der Waals surface area contributed by atoms with Gasteiger partial charge in [0.05, 0.1) is 5.69 Å². The average Bonchev–Trinajstić information content (AvgIpc) is 2.80. The van der Waals surface area contributed by atoms with E-state index >= 15 is 0 Å². The molecule has 2 aromatic carbocycles. The first-order chi connectivity index (χ1) is 13.3. The quantitative estimate of drug-likeness (QED) is 0.350. The molecule has 0 spiro atoms. The Balaban J connectivity index is 2.02. The minimum absolute atomic E-state index is 0.312. The van der Waals surface area contributed by atoms with Crippen LogP contribution in [0.2, 0.25) is 10.0 Å². The zero-order valence-corrected chi connectivity index (χ0v) is 18.9. The molecule has 0 radical (unpaired) electrons. The molecule has 1 aliphatic rings. The van der Waals surface area contributed by atoms with Gasteiger partial charge in [-0.15, -0.1) is 11.6 Å². The molecule has 1 unspecified atom stereocenters. The maximum Gasteiger partial charge on any atom is 0.332 e. The summed E-state index contributed by atoms with van der Waals surface area (Å²) in [4.78, 5) is 29.4. The van der Waals surface area contributed by atoms with E-state index in [4.69, 9.17) is 34.8 Å². The molecule has 1 atom stereocenters. The number of hydrogen-bond acceptors (Lipinski definition) is 2. The van der Waals surface area contributed by atoms with Gasteiger partial charge in [0, 0.05) is 33.4 Å². The van der Waals surface area contributed by atoms with Crippen LogP contribution < -0.4 is 4.90 Å². The van der Waals surface area contributed by atoms with Crippen LogP contribution in [0.1, 0.15) is 18.9 Å². The van der Waals surface area contributed by atoms with Crippen LogP contribution in [0.3, 0.4) is 0 Å². The molecular formula is C20H18BrCl3N2O2. The lowest BCUT2D eigenvalue weighted by atomic mass is 9.91. The van der Waals surface area contributed by atoms with E-state index in [1.165, 1.54) is 0 Å². The van der Waals surface area contributed by atoms with Gasteiger partial charge in [-0.05, 0) is 49.2 Å². The summed E-state index contributed by atoms with van der Waals surface area (Å²) in [6.07, 6.45) is 0.971. The van der Waals surface area contributed by atoms with E-state index < -0.39 is 11.6 Å². The maximum absolute atomic E-state index is 13.4. The molecule has 0 N–H and O–H groups in total. The summed E-state index contributed by atoms with van der Waals surface area (Å²) in [5.74, 6) is 0.0864. The normalized spacial score (nSPS) is 19.6. The maximum atomic E-state index is 13.4. The van der Waals surface area contributed by atoms with Gasteiger partial charge in [-0.1, -0.05) is 51.3 Å². The minimum Gasteiger partial charge on any atom is -0.309 e. The largest absolute Gasteiger partial charge is 0.332 e. The molecule has 0 bridgehead atoms. The molecule has 1 saturated heterocycles. The van der Waals surface area contributed by atoms with Crippen LogP contribution in [0, 0.1) is 0 Å². The molecule has 1 fully saturated rings. The van der Waals surface area contributed by atoms with Gasteiger partial charge in [0.1, 0.15) is 5.54 Å². The lowest BCUT2D eigenvalue weighted by Crippen LogP contribution is -2.49. The number of alkyl halides is 1. The highest BCUT2D eigenvalue weighted by atomic mass is 79.9. The smallest absolute Gasteiger partial charge is 0.309 e. The SMILES string of the molecule is CC1(Cc2ccc(Br)cc2)C(=O)N(c2cc(Cl)cc(Cl)c2)C(=O)N1CCCCl. The Kier molecular flexibility index (Phi) is 6.60. The van der Waals surface area contributed by atoms with Crippen LogP contribution >= 0.6 is 50.7 Å². The van der Waals surface area contributed by atoms with Crippen molar-refractivity contribution in [1.82, 2.24) is 4.90 Å². The number of amides is 3. The molecule has 28 heavy (non-hydrogen) atoms. The molecule has 0 aliphatic carbocycles. The zero-order chi connectivity index (χ0) is 20.5. The van der Waals surface area contributed by atoms with Crippen LogP contribution in [0.15, 0.2) is 46.9 Å². The van der Waals surface area contributed by atoms with E-state index in [1.807, 2.05) is 24.3 Å². The highest BCUT2D eigenvalue weighted by Gasteiger charge is 2.54. The standard InChI is InChI=1S/C20H18BrCl3N2O2/c1-20(12-13-3-5-14(21)6-4-13)18(27)26(19(28)25(20)8-2-7-22)17-10-15(23)9-16(24)11-17/h3-6,9-11H,2,7-8,12H2,1H3. The van der Waals surface area contributed by atoms with Crippen molar-refractivity contribution in [2.45, 2.75) is 25.3 Å². The number of rotatable bonds is 6. The molecule has 148 valence electrons. The lowest BCUT2D eigenvalue weighted by molar-refractivity contribution is -0.124. The summed E-state index contributed by atoms with van der Waals surface area (Å²) in [6.45, 7) is 2.17. The average molecular weight is 505 g/mol. The van der Waals surface area contributed by atoms with Gasteiger partial charge < -0.3 is 4.90 Å². The van der Waals surface area contributed by atoms with Crippen molar-refractivity contribution in [3.05, 3.63) is 62.5 Å². The van der Waals surface area contributed by atoms with Gasteiger partial charge in [0.15, 0.2) is 0 Å². The summed E-state index contributed by atoms with van der Waals surface area (Å²) in [5, 5.41) is 0.717. The van der Waals surface area contributed by atoms with Crippen molar-refractivity contribution >= 4 is 68.4 Å². The fraction of sp³-hybridized carbons (Fsp3) is 0.300. The fourth-order valence-corrected chi connectivity index (χ4v) is 4.30. The van der Waals surface area contributed by atoms with Crippen molar-refractivity contribution in [3.63, 3.8) is 0 Å². The van der Waals surface area contributed by atoms with E-state index in [0.717, 1.165) is 14.9 Å². The third kappa shape index (κ3) is 4.18. The number of carbonyl (C=O) groups excluding carboxylic acids is 2. The first kappa shape index (κ1) is 21.4. The van der Waals surface area contributed by atoms with Crippen molar-refractivity contribution in [3.8, 4) is 0 Å². The highest BCUT2D eigenvalue weighted by molar-refractivity contribution is 9.10. The second-order valence-corrected chi connectivity index (χ2v) is 8.99. The number of carbonyl (C=O) groups is 2. The highest BCUT2D eigenvalue weighted by Crippen LogP contribution is 2.37. The van der Waals surface area contributed by atoms with Crippen LogP contribution in [0.5, 0.6) is 0 Å². The Hall–Kier alpha value is -1.27. The molecule has 1 aliphatic heterocycles. The molecule has 8 heteroatoms. The topological polar surface area (TPSA) is 40.6 Å². The Morgan fingerprint density at radius 2 is 1.64 bits per heavy atom. The van der Waals surface area contributed by atoms with Crippen molar-refractivity contribution < 1.29 is 9.59 Å². The van der Waals surface area contributed by atoms with Crippen molar-refractivity contribution in [2.75, 3.05) is 17.3 Å². The van der Waals surface area contributed by atoms with Gasteiger partial charge in [-0.25, -0.2) is 9.69 Å². The van der Waals surface area contributed by atoms with E-state index in [-0.39, 0.29) is 5.91 Å². The lowest BCUT2D eigenvalue weighted by Gasteiger charge is -2.31. The molecule has 3 rings (SSSR count). The molecule has 2 aromatic rings. The van der Waals surface area contributed by atoms with Crippen LogP contribution in [0.4, 0.5) is 10.5 Å². The summed E-state index contributed by atoms with van der Waals surface area (Å²) < 4.78 is 0.949. The second kappa shape index (κ2) is 8.62. The van der Waals surface area contributed by atoms with Crippen LogP contribution in [-0.2, 0) is 11.2 Å². The molecule has 4 nitrogen and oxygen atoms in total. The summed E-state index contributed by atoms with van der Waals surface area (Å²) >= 11 is 21.4. The number of urea groups is 1. The van der Waals surface area contributed by atoms with E-state index in [1.54, 1.807) is 30.0 Å². The summed E-state index contributed by atoms with van der Waals surface area (Å²) in [6, 6.07) is 12.0. The third-order valence-corrected chi connectivity index (χ3v) is 6.00. The Morgan fingerprint density at radius 1 is 1.04 bits per heavy atom. The van der Waals surface area contributed by atoms with Gasteiger partial charge in [0.2, 0.25) is 0 Å². The van der Waals surface area contributed by atoms with Crippen LogP contribution in [-0.4, -0.2) is 34.8 Å². The van der Waals surface area contributed by atoms with Gasteiger partial charge >= 0.3 is 6.03 Å². The Bertz CT molecular complexity index is 887. The van der Waals surface area contributed by atoms with Gasteiger partial charge in [-0.2, -0.15) is 0 Å². The number of nitrogens with zero attached hydrogens (tertiary/aromatic N) is 2. The van der Waals surface area contributed by atoms with Crippen LogP contribution in [0.25, 0.3) is 0 Å². The molecular weight excluding hydrogens is 486 g/mol. The Labute approximate surface area is 187 Å². The monoisotopic (exact) mass is 502 g/mol.